The number of carbonyl (C=O) groups is 3. The van der Waals surface area contributed by atoms with E-state index in [9.17, 15) is 24.5 Å². The van der Waals surface area contributed by atoms with E-state index < -0.39 is 22.0 Å². The summed E-state index contributed by atoms with van der Waals surface area (Å²) in [5.74, 6) is -0.244. The minimum atomic E-state index is -0.521. The molecule has 0 saturated carbocycles. The molecule has 4 rings (SSSR count). The second-order valence-electron chi connectivity index (χ2n) is 8.07. The van der Waals surface area contributed by atoms with Gasteiger partial charge in [-0.25, -0.2) is 0 Å². The predicted molar refractivity (Wildman–Crippen MR) is 151 cm³/mol. The Morgan fingerprint density at radius 2 is 1.87 bits per heavy atom. The van der Waals surface area contributed by atoms with Gasteiger partial charge in [0.1, 0.15) is 0 Å². The number of non-ortho nitro benzene ring substituents is 1. The van der Waals surface area contributed by atoms with Gasteiger partial charge < -0.3 is 14.8 Å². The Labute approximate surface area is 240 Å². The Kier molecular flexibility index (Phi) is 8.90. The van der Waals surface area contributed by atoms with E-state index in [4.69, 9.17) is 21.1 Å². The van der Waals surface area contributed by atoms with Gasteiger partial charge in [-0.2, -0.15) is 0 Å². The first kappa shape index (κ1) is 28.1. The number of rotatable bonds is 9. The van der Waals surface area contributed by atoms with Gasteiger partial charge in [0.2, 0.25) is 0 Å². The third kappa shape index (κ3) is 6.96. The molecular formula is C26H19BrClN3O7S. The highest BCUT2D eigenvalue weighted by Crippen LogP contribution is 2.35. The van der Waals surface area contributed by atoms with Crippen molar-refractivity contribution in [2.24, 2.45) is 0 Å². The van der Waals surface area contributed by atoms with Gasteiger partial charge in [0.25, 0.3) is 22.7 Å². The van der Waals surface area contributed by atoms with Crippen LogP contribution in [-0.2, 0) is 16.1 Å². The average Bonchev–Trinajstić information content (AvgIpc) is 3.17. The maximum Gasteiger partial charge on any atom is 0.293 e. The smallest absolute Gasteiger partial charge is 0.293 e. The molecule has 1 aliphatic rings. The Morgan fingerprint density at radius 1 is 1.13 bits per heavy atom. The van der Waals surface area contributed by atoms with Gasteiger partial charge in [0.15, 0.2) is 18.1 Å². The second kappa shape index (κ2) is 12.3. The van der Waals surface area contributed by atoms with E-state index >= 15 is 0 Å². The lowest BCUT2D eigenvalue weighted by molar-refractivity contribution is -0.384. The number of nitro groups is 1. The number of benzene rings is 3. The Morgan fingerprint density at radius 3 is 2.54 bits per heavy atom. The molecule has 0 atom stereocenters. The maximum absolute atomic E-state index is 12.9. The molecule has 1 N–H and O–H groups in total. The summed E-state index contributed by atoms with van der Waals surface area (Å²) in [7, 11) is 1.44. The number of amides is 3. The quantitative estimate of drug-likeness (QED) is 0.166. The summed E-state index contributed by atoms with van der Waals surface area (Å²) in [6.45, 7) is -0.296. The molecule has 0 aromatic heterocycles. The van der Waals surface area contributed by atoms with Crippen molar-refractivity contribution in [1.29, 1.82) is 0 Å². The molecule has 0 aliphatic carbocycles. The molecule has 3 aromatic carbocycles. The number of hydrogen-bond acceptors (Lipinski definition) is 8. The lowest BCUT2D eigenvalue weighted by Crippen LogP contribution is -2.27. The van der Waals surface area contributed by atoms with Crippen LogP contribution in [0, 0.1) is 10.1 Å². The van der Waals surface area contributed by atoms with E-state index in [0.29, 0.717) is 37.8 Å². The number of halogens is 2. The van der Waals surface area contributed by atoms with Crippen LogP contribution in [0.1, 0.15) is 11.1 Å². The number of nitrogens with one attached hydrogen (secondary N) is 1. The van der Waals surface area contributed by atoms with E-state index in [-0.39, 0.29) is 23.7 Å². The molecule has 0 radical (unpaired) electrons. The summed E-state index contributed by atoms with van der Waals surface area (Å²) in [5, 5.41) is 13.5. The normalized spacial score (nSPS) is 14.0. The first-order chi connectivity index (χ1) is 18.6. The molecule has 3 amide bonds. The Hall–Kier alpha value is -3.87. The van der Waals surface area contributed by atoms with Crippen LogP contribution in [0.5, 0.6) is 11.5 Å². The maximum atomic E-state index is 12.9. The van der Waals surface area contributed by atoms with Crippen LogP contribution >= 0.6 is 39.3 Å². The first-order valence-corrected chi connectivity index (χ1v) is 13.2. The summed E-state index contributed by atoms with van der Waals surface area (Å²) in [5.41, 5.74) is 1.60. The topological polar surface area (TPSA) is 128 Å². The van der Waals surface area contributed by atoms with E-state index in [1.165, 1.54) is 31.4 Å². The molecule has 1 heterocycles. The number of thioether (sulfide) groups is 1. The van der Waals surface area contributed by atoms with E-state index in [1.807, 2.05) is 0 Å². The summed E-state index contributed by atoms with van der Waals surface area (Å²) in [4.78, 5) is 49.3. The van der Waals surface area contributed by atoms with Crippen molar-refractivity contribution in [2.45, 2.75) is 6.54 Å². The molecule has 39 heavy (non-hydrogen) atoms. The van der Waals surface area contributed by atoms with Crippen LogP contribution in [-0.4, -0.2) is 40.6 Å². The zero-order valence-electron chi connectivity index (χ0n) is 20.2. The highest BCUT2D eigenvalue weighted by molar-refractivity contribution is 9.10. The Bertz CT molecular complexity index is 1500. The van der Waals surface area contributed by atoms with Crippen molar-refractivity contribution in [2.75, 3.05) is 19.0 Å². The fourth-order valence-corrected chi connectivity index (χ4v) is 4.77. The van der Waals surface area contributed by atoms with Crippen LogP contribution in [0.15, 0.2) is 70.0 Å². The molecule has 200 valence electrons. The zero-order valence-corrected chi connectivity index (χ0v) is 23.3. The molecule has 0 unspecified atom stereocenters. The zero-order chi connectivity index (χ0) is 28.1. The second-order valence-corrected chi connectivity index (χ2v) is 10.3. The van der Waals surface area contributed by atoms with Crippen LogP contribution < -0.4 is 14.8 Å². The van der Waals surface area contributed by atoms with Gasteiger partial charge in [-0.05, 0) is 75.2 Å². The lowest BCUT2D eigenvalue weighted by atomic mass is 10.1. The van der Waals surface area contributed by atoms with E-state index in [1.54, 1.807) is 42.5 Å². The standard InChI is InChI=1S/C26H19BrClN3O7S/c1-37-22-10-16(4-9-21(22)38-14-24(32)29-17-5-8-19(27)20(28)12-17)11-23-25(33)30(26(34)39-23)13-15-2-6-18(7-3-15)31(35)36/h2-12H,13-14H2,1H3,(H,29,32)/b23-11-. The third-order valence-corrected chi connectivity index (χ3v) is 7.55. The van der Waals surface area contributed by atoms with Crippen molar-refractivity contribution in [3.05, 3.63) is 96.3 Å². The summed E-state index contributed by atoms with van der Waals surface area (Å²) >= 11 is 10.1. The number of nitro benzene ring substituents is 1. The molecule has 0 spiro atoms. The van der Waals surface area contributed by atoms with Crippen molar-refractivity contribution in [3.8, 4) is 11.5 Å². The Balaban J connectivity index is 1.40. The molecule has 1 aliphatic heterocycles. The monoisotopic (exact) mass is 631 g/mol. The largest absolute Gasteiger partial charge is 0.493 e. The summed E-state index contributed by atoms with van der Waals surface area (Å²) < 4.78 is 11.7. The SMILES string of the molecule is COc1cc(/C=C2\SC(=O)N(Cc3ccc([N+](=O)[O-])cc3)C2=O)ccc1OCC(=O)Nc1ccc(Br)c(Cl)c1. The molecule has 13 heteroatoms. The van der Waals surface area contributed by atoms with Crippen molar-refractivity contribution >= 4 is 73.8 Å². The fraction of sp³-hybridized carbons (Fsp3) is 0.115. The number of ether oxygens (including phenoxy) is 2. The van der Waals surface area contributed by atoms with Crippen molar-refractivity contribution in [3.63, 3.8) is 0 Å². The number of methoxy groups -OCH3 is 1. The van der Waals surface area contributed by atoms with E-state index in [2.05, 4.69) is 21.2 Å². The summed E-state index contributed by atoms with van der Waals surface area (Å²) in [6, 6.07) is 15.5. The highest BCUT2D eigenvalue weighted by atomic mass is 79.9. The third-order valence-electron chi connectivity index (χ3n) is 5.41. The van der Waals surface area contributed by atoms with E-state index in [0.717, 1.165) is 16.7 Å². The van der Waals surface area contributed by atoms with Crippen LogP contribution in [0.2, 0.25) is 5.02 Å². The van der Waals surface area contributed by atoms with Crippen molar-refractivity contribution < 1.29 is 28.8 Å². The predicted octanol–water partition coefficient (Wildman–Crippen LogP) is 6.27. The molecule has 10 nitrogen and oxygen atoms in total. The molecule has 3 aromatic rings. The number of imide groups is 1. The fourth-order valence-electron chi connectivity index (χ4n) is 3.50. The van der Waals surface area contributed by atoms with Gasteiger partial charge in [-0.1, -0.05) is 29.8 Å². The van der Waals surface area contributed by atoms with Crippen LogP contribution in [0.4, 0.5) is 16.2 Å². The molecule has 0 bridgehead atoms. The molecule has 1 saturated heterocycles. The average molecular weight is 633 g/mol. The minimum absolute atomic E-state index is 0.00930. The van der Waals surface area contributed by atoms with Gasteiger partial charge in [-0.15, -0.1) is 0 Å². The van der Waals surface area contributed by atoms with Gasteiger partial charge in [-0.3, -0.25) is 29.4 Å². The lowest BCUT2D eigenvalue weighted by Gasteiger charge is -2.12. The summed E-state index contributed by atoms with van der Waals surface area (Å²) in [6.07, 6.45) is 1.55. The first-order valence-electron chi connectivity index (χ1n) is 11.2. The van der Waals surface area contributed by atoms with Gasteiger partial charge >= 0.3 is 0 Å². The number of nitrogens with zero attached hydrogens (tertiary/aromatic N) is 2. The minimum Gasteiger partial charge on any atom is -0.493 e. The molecule has 1 fully saturated rings. The van der Waals surface area contributed by atoms with Crippen LogP contribution in [0.25, 0.3) is 6.08 Å². The van der Waals surface area contributed by atoms with Gasteiger partial charge in [0.05, 0.1) is 28.5 Å². The highest BCUT2D eigenvalue weighted by Gasteiger charge is 2.35. The molecular weight excluding hydrogens is 614 g/mol. The van der Waals surface area contributed by atoms with Crippen molar-refractivity contribution in [1.82, 2.24) is 4.90 Å². The van der Waals surface area contributed by atoms with Crippen LogP contribution in [0.3, 0.4) is 0 Å². The number of anilines is 1. The number of hydrogen-bond donors (Lipinski definition) is 1. The van der Waals surface area contributed by atoms with Gasteiger partial charge in [0, 0.05) is 22.3 Å². The number of carbonyl (C=O) groups excluding carboxylic acids is 3.